The van der Waals surface area contributed by atoms with E-state index in [1.165, 1.54) is 11.8 Å². The van der Waals surface area contributed by atoms with Gasteiger partial charge in [-0.3, -0.25) is 0 Å². The first-order valence-electron chi connectivity index (χ1n) is 5.33. The molecule has 0 atom stereocenters. The van der Waals surface area contributed by atoms with Gasteiger partial charge in [-0.05, 0) is 43.8 Å². The molecule has 0 aliphatic carbocycles. The molecule has 2 aromatic rings. The molecule has 5 heteroatoms. The summed E-state index contributed by atoms with van der Waals surface area (Å²) < 4.78 is 0. The summed E-state index contributed by atoms with van der Waals surface area (Å²) in [7, 11) is 0. The monoisotopic (exact) mass is 246 g/mol. The van der Waals surface area contributed by atoms with Crippen molar-refractivity contribution in [2.24, 2.45) is 5.73 Å². The zero-order valence-electron chi connectivity index (χ0n) is 9.84. The van der Waals surface area contributed by atoms with Crippen LogP contribution < -0.4 is 5.73 Å². The molecule has 2 heterocycles. The summed E-state index contributed by atoms with van der Waals surface area (Å²) in [5, 5.41) is 1.60. The van der Waals surface area contributed by atoms with E-state index in [1.54, 1.807) is 0 Å². The standard InChI is InChI=1S/C12H14N4S/c1-8-6-9(2)15-12(14-8)17-11-5-3-4-10(7-13)16-11/h3-6H,7,13H2,1-2H3. The highest BCUT2D eigenvalue weighted by molar-refractivity contribution is 7.99. The van der Waals surface area contributed by atoms with Gasteiger partial charge in [-0.1, -0.05) is 6.07 Å². The van der Waals surface area contributed by atoms with Crippen LogP contribution in [0.2, 0.25) is 0 Å². The van der Waals surface area contributed by atoms with Crippen molar-refractivity contribution in [2.45, 2.75) is 30.6 Å². The summed E-state index contributed by atoms with van der Waals surface area (Å²) in [5.74, 6) is 0. The Kier molecular flexibility index (Phi) is 3.71. The predicted octanol–water partition coefficient (Wildman–Crippen LogP) is 2.10. The van der Waals surface area contributed by atoms with Gasteiger partial charge in [-0.15, -0.1) is 0 Å². The van der Waals surface area contributed by atoms with Crippen molar-refractivity contribution < 1.29 is 0 Å². The minimum Gasteiger partial charge on any atom is -0.325 e. The van der Waals surface area contributed by atoms with Gasteiger partial charge in [0.15, 0.2) is 5.16 Å². The summed E-state index contributed by atoms with van der Waals surface area (Å²) in [5.41, 5.74) is 8.37. The molecule has 0 aliphatic rings. The highest BCUT2D eigenvalue weighted by atomic mass is 32.2. The van der Waals surface area contributed by atoms with Gasteiger partial charge in [-0.25, -0.2) is 15.0 Å². The molecule has 17 heavy (non-hydrogen) atoms. The number of hydrogen-bond acceptors (Lipinski definition) is 5. The normalized spacial score (nSPS) is 10.5. The largest absolute Gasteiger partial charge is 0.325 e. The van der Waals surface area contributed by atoms with E-state index in [9.17, 15) is 0 Å². The SMILES string of the molecule is Cc1cc(C)nc(Sc2cccc(CN)n2)n1. The molecular formula is C12H14N4S. The van der Waals surface area contributed by atoms with Gasteiger partial charge in [0.2, 0.25) is 0 Å². The molecule has 2 aromatic heterocycles. The molecule has 0 spiro atoms. The number of pyridine rings is 1. The Morgan fingerprint density at radius 1 is 1.12 bits per heavy atom. The predicted molar refractivity (Wildman–Crippen MR) is 67.8 cm³/mol. The third-order valence-corrected chi connectivity index (χ3v) is 2.95. The van der Waals surface area contributed by atoms with Crippen molar-refractivity contribution >= 4 is 11.8 Å². The molecule has 0 fully saturated rings. The molecule has 0 saturated carbocycles. The highest BCUT2D eigenvalue weighted by Gasteiger charge is 2.04. The highest BCUT2D eigenvalue weighted by Crippen LogP contribution is 2.23. The van der Waals surface area contributed by atoms with Crippen LogP contribution in [0.4, 0.5) is 0 Å². The molecule has 4 nitrogen and oxygen atoms in total. The first-order chi connectivity index (χ1) is 8.17. The second kappa shape index (κ2) is 5.25. The average Bonchev–Trinajstić information content (AvgIpc) is 2.28. The van der Waals surface area contributed by atoms with Crippen molar-refractivity contribution in [3.05, 3.63) is 41.3 Å². The summed E-state index contributed by atoms with van der Waals surface area (Å²) in [6.07, 6.45) is 0. The van der Waals surface area contributed by atoms with Crippen LogP contribution >= 0.6 is 11.8 Å². The number of nitrogens with zero attached hydrogens (tertiary/aromatic N) is 3. The third-order valence-electron chi connectivity index (χ3n) is 2.15. The summed E-state index contributed by atoms with van der Waals surface area (Å²) in [6.45, 7) is 4.37. The van der Waals surface area contributed by atoms with Crippen LogP contribution in [-0.4, -0.2) is 15.0 Å². The second-order valence-electron chi connectivity index (χ2n) is 3.71. The maximum atomic E-state index is 5.56. The second-order valence-corrected chi connectivity index (χ2v) is 4.69. The fraction of sp³-hybridized carbons (Fsp3) is 0.250. The summed E-state index contributed by atoms with van der Waals surface area (Å²) in [4.78, 5) is 13.1. The van der Waals surface area contributed by atoms with Gasteiger partial charge in [0.05, 0.1) is 5.69 Å². The van der Waals surface area contributed by atoms with E-state index >= 15 is 0 Å². The van der Waals surface area contributed by atoms with E-state index in [0.717, 1.165) is 27.3 Å². The smallest absolute Gasteiger partial charge is 0.194 e. The zero-order chi connectivity index (χ0) is 12.3. The van der Waals surface area contributed by atoms with Crippen LogP contribution in [0.25, 0.3) is 0 Å². The minimum absolute atomic E-state index is 0.447. The van der Waals surface area contributed by atoms with Gasteiger partial charge in [-0.2, -0.15) is 0 Å². The Balaban J connectivity index is 2.24. The van der Waals surface area contributed by atoms with Gasteiger partial charge >= 0.3 is 0 Å². The van der Waals surface area contributed by atoms with E-state index in [1.807, 2.05) is 38.1 Å². The molecule has 0 bridgehead atoms. The quantitative estimate of drug-likeness (QED) is 0.840. The van der Waals surface area contributed by atoms with Gasteiger partial charge in [0, 0.05) is 17.9 Å². The van der Waals surface area contributed by atoms with Crippen LogP contribution in [-0.2, 0) is 6.54 Å². The van der Waals surface area contributed by atoms with E-state index in [0.29, 0.717) is 6.54 Å². The maximum absolute atomic E-state index is 5.56. The van der Waals surface area contributed by atoms with Crippen molar-refractivity contribution in [1.82, 2.24) is 15.0 Å². The number of rotatable bonds is 3. The fourth-order valence-electron chi connectivity index (χ4n) is 1.46. The number of nitrogens with two attached hydrogens (primary N) is 1. The van der Waals surface area contributed by atoms with E-state index in [4.69, 9.17) is 5.73 Å². The maximum Gasteiger partial charge on any atom is 0.194 e. The molecular weight excluding hydrogens is 232 g/mol. The zero-order valence-corrected chi connectivity index (χ0v) is 10.7. The van der Waals surface area contributed by atoms with E-state index in [-0.39, 0.29) is 0 Å². The molecule has 0 radical (unpaired) electrons. The van der Waals surface area contributed by atoms with Crippen molar-refractivity contribution in [3.63, 3.8) is 0 Å². The van der Waals surface area contributed by atoms with Crippen LogP contribution in [0.1, 0.15) is 17.1 Å². The Bertz CT molecular complexity index is 507. The third kappa shape index (κ3) is 3.25. The van der Waals surface area contributed by atoms with Crippen LogP contribution in [0.3, 0.4) is 0 Å². The lowest BCUT2D eigenvalue weighted by Crippen LogP contribution is -2.00. The van der Waals surface area contributed by atoms with Crippen LogP contribution in [0, 0.1) is 13.8 Å². The Morgan fingerprint density at radius 3 is 2.47 bits per heavy atom. The number of hydrogen-bond donors (Lipinski definition) is 1. The number of aromatic nitrogens is 3. The Labute approximate surface area is 105 Å². The molecule has 2 rings (SSSR count). The van der Waals surface area contributed by atoms with Gasteiger partial charge in [0.1, 0.15) is 5.03 Å². The van der Waals surface area contributed by atoms with Gasteiger partial charge < -0.3 is 5.73 Å². The van der Waals surface area contributed by atoms with Crippen LogP contribution in [0.5, 0.6) is 0 Å². The van der Waals surface area contributed by atoms with Gasteiger partial charge in [0.25, 0.3) is 0 Å². The molecule has 2 N–H and O–H groups in total. The van der Waals surface area contributed by atoms with Crippen molar-refractivity contribution in [2.75, 3.05) is 0 Å². The first kappa shape index (κ1) is 12.0. The molecule has 0 unspecified atom stereocenters. The lowest BCUT2D eigenvalue weighted by atomic mass is 10.4. The molecule has 0 aliphatic heterocycles. The van der Waals surface area contributed by atoms with Crippen molar-refractivity contribution in [3.8, 4) is 0 Å². The fourth-order valence-corrected chi connectivity index (χ4v) is 2.34. The lowest BCUT2D eigenvalue weighted by molar-refractivity contribution is 0.892. The average molecular weight is 246 g/mol. The van der Waals surface area contributed by atoms with E-state index in [2.05, 4.69) is 15.0 Å². The topological polar surface area (TPSA) is 64.7 Å². The minimum atomic E-state index is 0.447. The van der Waals surface area contributed by atoms with Crippen LogP contribution in [0.15, 0.2) is 34.4 Å². The van der Waals surface area contributed by atoms with E-state index < -0.39 is 0 Å². The lowest BCUT2D eigenvalue weighted by Gasteiger charge is -2.03. The Hall–Kier alpha value is -1.46. The molecule has 0 saturated heterocycles. The molecule has 0 aromatic carbocycles. The summed E-state index contributed by atoms with van der Waals surface area (Å²) >= 11 is 1.46. The molecule has 88 valence electrons. The summed E-state index contributed by atoms with van der Waals surface area (Å²) in [6, 6.07) is 7.74. The first-order valence-corrected chi connectivity index (χ1v) is 6.15. The Morgan fingerprint density at radius 2 is 1.82 bits per heavy atom. The molecule has 0 amide bonds. The van der Waals surface area contributed by atoms with Crippen molar-refractivity contribution in [1.29, 1.82) is 0 Å². The number of aryl methyl sites for hydroxylation is 2.